The molecule has 0 aromatic heterocycles. The highest BCUT2D eigenvalue weighted by Crippen LogP contribution is 2.42. The van der Waals surface area contributed by atoms with E-state index in [2.05, 4.69) is 19.2 Å². The van der Waals surface area contributed by atoms with E-state index < -0.39 is 11.6 Å². The Balaban J connectivity index is 1.66. The number of piperidine rings is 1. The van der Waals surface area contributed by atoms with Crippen LogP contribution in [0.15, 0.2) is 0 Å². The summed E-state index contributed by atoms with van der Waals surface area (Å²) in [4.78, 5) is 40.0. The predicted octanol–water partition coefficient (Wildman–Crippen LogP) is 1.21. The summed E-state index contributed by atoms with van der Waals surface area (Å²) in [5.41, 5.74) is -0.806. The van der Waals surface area contributed by atoms with Crippen LogP contribution < -0.4 is 5.32 Å². The molecular weight excluding hydrogens is 282 g/mol. The summed E-state index contributed by atoms with van der Waals surface area (Å²) in [5, 5.41) is 2.78. The topological polar surface area (TPSA) is 69.7 Å². The zero-order valence-electron chi connectivity index (χ0n) is 13.6. The van der Waals surface area contributed by atoms with Crippen molar-refractivity contribution < 1.29 is 14.4 Å². The Kier molecular flexibility index (Phi) is 3.65. The molecule has 3 rings (SSSR count). The molecule has 6 nitrogen and oxygen atoms in total. The lowest BCUT2D eigenvalue weighted by atomic mass is 9.92. The van der Waals surface area contributed by atoms with E-state index in [-0.39, 0.29) is 24.3 Å². The van der Waals surface area contributed by atoms with Gasteiger partial charge in [-0.1, -0.05) is 13.8 Å². The molecule has 6 heteroatoms. The van der Waals surface area contributed by atoms with E-state index in [1.165, 1.54) is 0 Å². The van der Waals surface area contributed by atoms with Crippen molar-refractivity contribution in [1.29, 1.82) is 0 Å². The maximum atomic E-state index is 12.5. The molecular formula is C16H25N3O3. The minimum absolute atomic E-state index is 0.123. The van der Waals surface area contributed by atoms with Crippen LogP contribution >= 0.6 is 0 Å². The van der Waals surface area contributed by atoms with Crippen LogP contribution in [0.1, 0.15) is 40.0 Å². The van der Waals surface area contributed by atoms with Crippen molar-refractivity contribution in [3.05, 3.63) is 0 Å². The van der Waals surface area contributed by atoms with Gasteiger partial charge in [-0.3, -0.25) is 14.5 Å². The van der Waals surface area contributed by atoms with Gasteiger partial charge in [0.1, 0.15) is 12.1 Å². The Morgan fingerprint density at radius 3 is 2.36 bits per heavy atom. The number of hydrogen-bond donors (Lipinski definition) is 1. The molecule has 2 heterocycles. The van der Waals surface area contributed by atoms with Crippen LogP contribution in [0.25, 0.3) is 0 Å². The molecule has 3 aliphatic rings. The molecule has 3 fully saturated rings. The quantitative estimate of drug-likeness (QED) is 0.797. The zero-order valence-corrected chi connectivity index (χ0v) is 13.6. The average Bonchev–Trinajstić information content (AvgIpc) is 3.24. The Morgan fingerprint density at radius 2 is 1.82 bits per heavy atom. The molecule has 4 amide bonds. The zero-order chi connectivity index (χ0) is 16.1. The summed E-state index contributed by atoms with van der Waals surface area (Å²) in [7, 11) is 0. The third kappa shape index (κ3) is 2.59. The molecule has 0 aromatic carbocycles. The van der Waals surface area contributed by atoms with Crippen molar-refractivity contribution >= 4 is 17.8 Å². The van der Waals surface area contributed by atoms with Gasteiger partial charge in [0.05, 0.1) is 0 Å². The molecule has 0 aromatic rings. The van der Waals surface area contributed by atoms with Gasteiger partial charge in [0.2, 0.25) is 5.91 Å². The van der Waals surface area contributed by atoms with Crippen molar-refractivity contribution in [1.82, 2.24) is 15.1 Å². The van der Waals surface area contributed by atoms with Crippen LogP contribution in [-0.2, 0) is 9.59 Å². The van der Waals surface area contributed by atoms with Gasteiger partial charge >= 0.3 is 6.03 Å². The van der Waals surface area contributed by atoms with Crippen molar-refractivity contribution in [2.75, 3.05) is 19.6 Å². The largest absolute Gasteiger partial charge is 0.341 e. The second-order valence-corrected chi connectivity index (χ2v) is 7.54. The highest BCUT2D eigenvalue weighted by molar-refractivity contribution is 6.09. The van der Waals surface area contributed by atoms with E-state index in [0.717, 1.165) is 24.2 Å². The fourth-order valence-electron chi connectivity index (χ4n) is 3.90. The molecule has 1 aliphatic carbocycles. The molecule has 3 unspecified atom stereocenters. The summed E-state index contributed by atoms with van der Waals surface area (Å²) in [6.07, 6.45) is 3.05. The first-order valence-electron chi connectivity index (χ1n) is 8.23. The molecule has 2 aliphatic heterocycles. The highest BCUT2D eigenvalue weighted by atomic mass is 16.2. The van der Waals surface area contributed by atoms with Gasteiger partial charge < -0.3 is 10.2 Å². The SMILES string of the molecule is CC1CC(C)CN(C(=O)CN2C(=O)NC(C)(C3CC3)C2=O)C1. The number of likely N-dealkylation sites (tertiary alicyclic amines) is 1. The van der Waals surface area contributed by atoms with Crippen LogP contribution in [0.5, 0.6) is 0 Å². The fraction of sp³-hybridized carbons (Fsp3) is 0.812. The van der Waals surface area contributed by atoms with Crippen molar-refractivity contribution in [2.24, 2.45) is 17.8 Å². The lowest BCUT2D eigenvalue weighted by Crippen LogP contribution is -2.49. The summed E-state index contributed by atoms with van der Waals surface area (Å²) in [6, 6.07) is -0.425. The summed E-state index contributed by atoms with van der Waals surface area (Å²) >= 11 is 0. The van der Waals surface area contributed by atoms with E-state index in [4.69, 9.17) is 0 Å². The van der Waals surface area contributed by atoms with Gasteiger partial charge in [-0.2, -0.15) is 0 Å². The fourth-order valence-corrected chi connectivity index (χ4v) is 3.90. The van der Waals surface area contributed by atoms with Gasteiger partial charge in [0.25, 0.3) is 5.91 Å². The van der Waals surface area contributed by atoms with E-state index in [1.807, 2.05) is 0 Å². The van der Waals surface area contributed by atoms with Crippen LogP contribution in [0.4, 0.5) is 4.79 Å². The van der Waals surface area contributed by atoms with Gasteiger partial charge in [0.15, 0.2) is 0 Å². The van der Waals surface area contributed by atoms with Crippen LogP contribution in [0.2, 0.25) is 0 Å². The average molecular weight is 307 g/mol. The molecule has 2 saturated heterocycles. The molecule has 1 N–H and O–H groups in total. The third-order valence-corrected chi connectivity index (χ3v) is 5.21. The van der Waals surface area contributed by atoms with Crippen molar-refractivity contribution in [3.8, 4) is 0 Å². The molecule has 0 radical (unpaired) electrons. The maximum absolute atomic E-state index is 12.5. The van der Waals surface area contributed by atoms with E-state index >= 15 is 0 Å². The van der Waals surface area contributed by atoms with Gasteiger partial charge in [0, 0.05) is 13.1 Å². The summed E-state index contributed by atoms with van der Waals surface area (Å²) < 4.78 is 0. The number of rotatable bonds is 3. The second kappa shape index (κ2) is 5.25. The number of amides is 4. The first-order chi connectivity index (χ1) is 10.3. The summed E-state index contributed by atoms with van der Waals surface area (Å²) in [5.74, 6) is 0.785. The molecule has 3 atom stereocenters. The minimum Gasteiger partial charge on any atom is -0.341 e. The lowest BCUT2D eigenvalue weighted by molar-refractivity contribution is -0.140. The Labute approximate surface area is 131 Å². The third-order valence-electron chi connectivity index (χ3n) is 5.21. The number of nitrogens with one attached hydrogen (secondary N) is 1. The molecule has 22 heavy (non-hydrogen) atoms. The Hall–Kier alpha value is -1.59. The van der Waals surface area contributed by atoms with Crippen LogP contribution in [0, 0.1) is 17.8 Å². The van der Waals surface area contributed by atoms with Gasteiger partial charge in [-0.25, -0.2) is 4.79 Å². The Morgan fingerprint density at radius 1 is 1.23 bits per heavy atom. The predicted molar refractivity (Wildman–Crippen MR) is 80.9 cm³/mol. The van der Waals surface area contributed by atoms with E-state index in [1.54, 1.807) is 11.8 Å². The maximum Gasteiger partial charge on any atom is 0.325 e. The van der Waals surface area contributed by atoms with E-state index in [9.17, 15) is 14.4 Å². The standard InChI is InChI=1S/C16H25N3O3/c1-10-6-11(2)8-18(7-10)13(20)9-19-14(21)16(3,12-4-5-12)17-15(19)22/h10-12H,4-9H2,1-3H3,(H,17,22). The van der Waals surface area contributed by atoms with Gasteiger partial charge in [-0.05, 0) is 43.9 Å². The normalized spacial score (nSPS) is 35.8. The van der Waals surface area contributed by atoms with Crippen LogP contribution in [0.3, 0.4) is 0 Å². The second-order valence-electron chi connectivity index (χ2n) is 7.54. The highest BCUT2D eigenvalue weighted by Gasteiger charge is 2.56. The smallest absolute Gasteiger partial charge is 0.325 e. The number of carbonyl (C=O) groups excluding carboxylic acids is 3. The Bertz CT molecular complexity index is 507. The number of imide groups is 1. The molecule has 0 spiro atoms. The number of hydrogen-bond acceptors (Lipinski definition) is 3. The van der Waals surface area contributed by atoms with Gasteiger partial charge in [-0.15, -0.1) is 0 Å². The lowest BCUT2D eigenvalue weighted by Gasteiger charge is -2.35. The van der Waals surface area contributed by atoms with Crippen molar-refractivity contribution in [3.63, 3.8) is 0 Å². The van der Waals surface area contributed by atoms with Crippen LogP contribution in [-0.4, -0.2) is 52.8 Å². The minimum atomic E-state index is -0.806. The first-order valence-corrected chi connectivity index (χ1v) is 8.23. The first kappa shape index (κ1) is 15.3. The number of urea groups is 1. The number of carbonyl (C=O) groups is 3. The molecule has 122 valence electrons. The van der Waals surface area contributed by atoms with Crippen molar-refractivity contribution in [2.45, 2.75) is 45.6 Å². The summed E-state index contributed by atoms with van der Waals surface area (Å²) in [6.45, 7) is 7.34. The molecule has 0 bridgehead atoms. The monoisotopic (exact) mass is 307 g/mol. The van der Waals surface area contributed by atoms with E-state index in [0.29, 0.717) is 24.9 Å². The molecule has 1 saturated carbocycles. The number of nitrogens with zero attached hydrogens (tertiary/aromatic N) is 2.